The lowest BCUT2D eigenvalue weighted by atomic mass is 9.71. The second-order valence-electron chi connectivity index (χ2n) is 18.1. The van der Waals surface area contributed by atoms with E-state index in [0.717, 1.165) is 0 Å². The molecule has 5 aliphatic rings. The Labute approximate surface area is 332 Å². The van der Waals surface area contributed by atoms with Crippen LogP contribution in [0.2, 0.25) is 0 Å². The van der Waals surface area contributed by atoms with Crippen LogP contribution in [-0.2, 0) is 38.7 Å². The highest BCUT2D eigenvalue weighted by Crippen LogP contribution is 2.42. The van der Waals surface area contributed by atoms with Gasteiger partial charge in [-0.05, 0) is 91.1 Å². The zero-order valence-corrected chi connectivity index (χ0v) is 35.3. The Balaban J connectivity index is 1.58. The fraction of sp³-hybridized carbons (Fsp3) is 0.810. The van der Waals surface area contributed by atoms with Gasteiger partial charge in [-0.25, -0.2) is 4.39 Å². The first-order valence-corrected chi connectivity index (χ1v) is 20.4. The van der Waals surface area contributed by atoms with Crippen molar-refractivity contribution in [2.75, 3.05) is 47.9 Å². The van der Waals surface area contributed by atoms with Crippen LogP contribution in [0, 0.1) is 23.6 Å². The van der Waals surface area contributed by atoms with E-state index in [0.29, 0.717) is 31.4 Å². The fourth-order valence-corrected chi connectivity index (χ4v) is 10.0. The number of carbonyl (C=O) groups is 2. The summed E-state index contributed by atoms with van der Waals surface area (Å²) in [5, 5.41) is 35.2. The summed E-state index contributed by atoms with van der Waals surface area (Å²) in [6.07, 6.45) is -5.19. The maximum atomic E-state index is 14.7. The number of ether oxygens (including phenoxy) is 5. The van der Waals surface area contributed by atoms with Crippen molar-refractivity contribution in [2.45, 2.75) is 152 Å². The van der Waals surface area contributed by atoms with E-state index in [-0.39, 0.29) is 55.8 Å². The molecule has 5 fully saturated rings. The van der Waals surface area contributed by atoms with Crippen molar-refractivity contribution in [2.24, 2.45) is 17.8 Å². The first-order valence-electron chi connectivity index (χ1n) is 20.4. The van der Waals surface area contributed by atoms with Crippen LogP contribution >= 0.6 is 0 Å². The summed E-state index contributed by atoms with van der Waals surface area (Å²) in [5.74, 6) is -2.44. The number of amides is 2. The number of carbonyl (C=O) groups excluding carboxylic acids is 2. The van der Waals surface area contributed by atoms with Crippen LogP contribution in [0.3, 0.4) is 0 Å². The summed E-state index contributed by atoms with van der Waals surface area (Å²) in [5.41, 5.74) is -2.87. The van der Waals surface area contributed by atoms with Crippen molar-refractivity contribution >= 4 is 11.8 Å². The summed E-state index contributed by atoms with van der Waals surface area (Å²) < 4.78 is 46.0. The average Bonchev–Trinajstić information content (AvgIpc) is 3.14. The molecule has 14 heteroatoms. The van der Waals surface area contributed by atoms with Crippen LogP contribution in [0.15, 0.2) is 24.3 Å². The minimum atomic E-state index is -1.59. The number of hydrogen-bond acceptors (Lipinski definition) is 11. The predicted octanol–water partition coefficient (Wildman–Crippen LogP) is 3.30. The van der Waals surface area contributed by atoms with Crippen LogP contribution in [-0.4, -0.2) is 156 Å². The summed E-state index contributed by atoms with van der Waals surface area (Å²) in [6, 6.07) is 5.79. The molecule has 5 heterocycles. The lowest BCUT2D eigenvalue weighted by molar-refractivity contribution is -0.317. The lowest BCUT2D eigenvalue weighted by Crippen LogP contribution is -2.61. The third-order valence-electron chi connectivity index (χ3n) is 13.3. The molecule has 0 radical (unpaired) electrons. The fourth-order valence-electron chi connectivity index (χ4n) is 10.0. The minimum Gasteiger partial charge on any atom is -0.387 e. The molecule has 14 atom stereocenters. The summed E-state index contributed by atoms with van der Waals surface area (Å²) in [4.78, 5) is 34.7. The Morgan fingerprint density at radius 2 is 1.57 bits per heavy atom. The molecule has 1 aromatic carbocycles. The molecule has 0 aromatic heterocycles. The van der Waals surface area contributed by atoms with E-state index in [4.69, 9.17) is 23.7 Å². The van der Waals surface area contributed by atoms with Crippen molar-refractivity contribution in [1.82, 2.24) is 14.7 Å². The second kappa shape index (κ2) is 17.5. The number of rotatable bonds is 7. The molecule has 13 nitrogen and oxygen atoms in total. The molecule has 56 heavy (non-hydrogen) atoms. The molecular formula is C42H68FN3O10. The number of likely N-dealkylation sites (N-methyl/N-ethyl adjacent to an activating group) is 2. The normalized spacial score (nSPS) is 43.5. The van der Waals surface area contributed by atoms with E-state index in [1.54, 1.807) is 56.7 Å². The van der Waals surface area contributed by atoms with Gasteiger partial charge in [0.1, 0.15) is 18.0 Å². The molecule has 5 saturated heterocycles. The molecule has 1 unspecified atom stereocenters. The third-order valence-corrected chi connectivity index (χ3v) is 13.3. The van der Waals surface area contributed by atoms with Gasteiger partial charge in [-0.1, -0.05) is 32.9 Å². The van der Waals surface area contributed by atoms with Gasteiger partial charge in [0.25, 0.3) is 0 Å². The Bertz CT molecular complexity index is 1490. The van der Waals surface area contributed by atoms with Gasteiger partial charge >= 0.3 is 0 Å². The maximum absolute atomic E-state index is 14.7. The summed E-state index contributed by atoms with van der Waals surface area (Å²) >= 11 is 0. The zero-order chi connectivity index (χ0) is 41.5. The molecule has 0 aliphatic carbocycles. The molecule has 5 aliphatic heterocycles. The Kier molecular flexibility index (Phi) is 14.0. The maximum Gasteiger partial charge on any atom is 0.233 e. The molecule has 1 aromatic rings. The van der Waals surface area contributed by atoms with Gasteiger partial charge in [0, 0.05) is 52.2 Å². The number of fused-ring (bicyclic) bond motifs is 12. The van der Waals surface area contributed by atoms with Gasteiger partial charge in [0.05, 0.1) is 47.0 Å². The smallest absolute Gasteiger partial charge is 0.233 e. The van der Waals surface area contributed by atoms with Gasteiger partial charge in [-0.15, -0.1) is 0 Å². The number of benzene rings is 1. The largest absolute Gasteiger partial charge is 0.387 e. The van der Waals surface area contributed by atoms with E-state index in [1.807, 2.05) is 39.8 Å². The summed E-state index contributed by atoms with van der Waals surface area (Å²) in [7, 11) is 7.06. The SMILES string of the molecule is CO[C@]1(C)C[C@H](O[C@H]2C(C)[C@@H](O[C@@H]3O[C@H](C)C[C@H](N(C)C)[C@H]3O)[C@](C)(O)C[C@@H](C)CN(C)C(=O)C3(c4ccc(F)cc4)CCN(CC3)C(=O)[C@@H]2C)O[C@@H](C)[C@@H]1O. The topological polar surface area (TPSA) is 151 Å². The minimum absolute atomic E-state index is 0.123. The monoisotopic (exact) mass is 793 g/mol. The Morgan fingerprint density at radius 3 is 2.16 bits per heavy atom. The molecule has 3 N–H and O–H groups in total. The number of nitrogens with zero attached hydrogens (tertiary/aromatic N) is 3. The van der Waals surface area contributed by atoms with Crippen molar-refractivity contribution in [3.63, 3.8) is 0 Å². The lowest BCUT2D eigenvalue weighted by Gasteiger charge is -2.49. The molecule has 318 valence electrons. The highest BCUT2D eigenvalue weighted by atomic mass is 19.1. The highest BCUT2D eigenvalue weighted by Gasteiger charge is 2.53. The van der Waals surface area contributed by atoms with Gasteiger partial charge in [-0.2, -0.15) is 0 Å². The molecule has 0 saturated carbocycles. The van der Waals surface area contributed by atoms with Gasteiger partial charge in [-0.3, -0.25) is 9.59 Å². The van der Waals surface area contributed by atoms with Gasteiger partial charge in [0.2, 0.25) is 11.8 Å². The number of piperidine rings is 1. The Hall–Kier alpha value is -2.27. The standard InChI is InChI=1S/C42H68FN3O10/c1-24-21-40(6,51)36(56-38-33(47)31(44(8)9)20-25(2)53-38)26(3)34(55-32-22-41(7,52-11)35(48)28(5)54-32)27(4)37(49)46-18-16-42(17-19-46,39(50)45(10)23-24)29-12-14-30(43)15-13-29/h12-15,24-28,31-36,38,47-48,51H,16-23H2,1-11H3/t24-,25-,26?,27-,28+,31+,32+,33-,34+,35+,36-,38+,40-,41-/m1/s1. The summed E-state index contributed by atoms with van der Waals surface area (Å²) in [6.45, 7) is 13.7. The van der Waals surface area contributed by atoms with Crippen LogP contribution in [0.25, 0.3) is 0 Å². The molecule has 6 rings (SSSR count). The average molecular weight is 794 g/mol. The van der Waals surface area contributed by atoms with E-state index in [2.05, 4.69) is 0 Å². The number of methoxy groups -OCH3 is 1. The van der Waals surface area contributed by atoms with Crippen LogP contribution in [0.1, 0.15) is 86.1 Å². The van der Waals surface area contributed by atoms with Crippen LogP contribution in [0.5, 0.6) is 0 Å². The predicted molar refractivity (Wildman–Crippen MR) is 207 cm³/mol. The molecule has 2 bridgehead atoms. The second-order valence-corrected chi connectivity index (χ2v) is 18.1. The number of aliphatic hydroxyl groups is 3. The van der Waals surface area contributed by atoms with Gasteiger partial charge < -0.3 is 53.7 Å². The Morgan fingerprint density at radius 1 is 0.946 bits per heavy atom. The van der Waals surface area contributed by atoms with E-state index < -0.39 is 77.4 Å². The van der Waals surface area contributed by atoms with Crippen molar-refractivity contribution < 1.29 is 53.0 Å². The molecule has 2 amide bonds. The first kappa shape index (κ1) is 44.8. The number of halogens is 1. The highest BCUT2D eigenvalue weighted by molar-refractivity contribution is 5.89. The van der Waals surface area contributed by atoms with Crippen molar-refractivity contribution in [1.29, 1.82) is 0 Å². The molecular weight excluding hydrogens is 725 g/mol. The molecule has 0 spiro atoms. The van der Waals surface area contributed by atoms with Crippen LogP contribution in [0.4, 0.5) is 4.39 Å². The number of aliphatic hydroxyl groups excluding tert-OH is 2. The van der Waals surface area contributed by atoms with Gasteiger partial charge in [0.15, 0.2) is 12.6 Å². The van der Waals surface area contributed by atoms with E-state index in [9.17, 15) is 29.3 Å². The first-order chi connectivity index (χ1) is 26.1. The van der Waals surface area contributed by atoms with Crippen molar-refractivity contribution in [3.8, 4) is 0 Å². The van der Waals surface area contributed by atoms with E-state index in [1.165, 1.54) is 19.2 Å². The zero-order valence-electron chi connectivity index (χ0n) is 35.3. The van der Waals surface area contributed by atoms with E-state index >= 15 is 0 Å². The van der Waals surface area contributed by atoms with Crippen LogP contribution < -0.4 is 0 Å². The third kappa shape index (κ3) is 9.13. The van der Waals surface area contributed by atoms with Crippen molar-refractivity contribution in [3.05, 3.63) is 35.6 Å². The quantitative estimate of drug-likeness (QED) is 0.374. The number of hydrogen-bond donors (Lipinski definition) is 3.